The SMILES string of the molecule is C=CCOCCOCCOCCNC(=O)c1cccc(C(=O)NCCOCCOCCOCC=C)n1. The molecule has 0 aromatic carbocycles. The topological polar surface area (TPSA) is 126 Å². The number of amides is 2. The lowest BCUT2D eigenvalue weighted by atomic mass is 10.2. The molecule has 0 spiro atoms. The number of ether oxygens (including phenoxy) is 6. The fourth-order valence-electron chi connectivity index (χ4n) is 2.56. The van der Waals surface area contributed by atoms with E-state index < -0.39 is 0 Å². The maximum Gasteiger partial charge on any atom is 0.269 e. The third-order valence-electron chi connectivity index (χ3n) is 4.24. The monoisotopic (exact) mass is 509 g/mol. The molecule has 0 saturated heterocycles. The van der Waals surface area contributed by atoms with E-state index in [1.54, 1.807) is 30.4 Å². The molecule has 0 bridgehead atoms. The van der Waals surface area contributed by atoms with Crippen LogP contribution in [0.4, 0.5) is 0 Å². The molecule has 0 unspecified atom stereocenters. The zero-order chi connectivity index (χ0) is 26.1. The van der Waals surface area contributed by atoms with Gasteiger partial charge in [-0.05, 0) is 12.1 Å². The highest BCUT2D eigenvalue weighted by Gasteiger charge is 2.11. The number of nitrogens with zero attached hydrogens (tertiary/aromatic N) is 1. The third kappa shape index (κ3) is 16.9. The van der Waals surface area contributed by atoms with Gasteiger partial charge in [0, 0.05) is 13.1 Å². The lowest BCUT2D eigenvalue weighted by Gasteiger charge is -2.09. The van der Waals surface area contributed by atoms with E-state index in [4.69, 9.17) is 28.4 Å². The number of carbonyl (C=O) groups is 2. The second kappa shape index (κ2) is 22.8. The van der Waals surface area contributed by atoms with E-state index in [1.165, 1.54) is 0 Å². The molecule has 0 radical (unpaired) electrons. The molecule has 36 heavy (non-hydrogen) atoms. The van der Waals surface area contributed by atoms with Crippen LogP contribution in [0.25, 0.3) is 0 Å². The molecule has 0 fully saturated rings. The fraction of sp³-hybridized carbons (Fsp3) is 0.560. The maximum atomic E-state index is 12.3. The van der Waals surface area contributed by atoms with Crippen LogP contribution < -0.4 is 10.6 Å². The van der Waals surface area contributed by atoms with Gasteiger partial charge in [0.05, 0.1) is 79.3 Å². The van der Waals surface area contributed by atoms with Crippen LogP contribution >= 0.6 is 0 Å². The predicted molar refractivity (Wildman–Crippen MR) is 134 cm³/mol. The summed E-state index contributed by atoms with van der Waals surface area (Å²) in [6, 6.07) is 4.69. The van der Waals surface area contributed by atoms with Crippen molar-refractivity contribution in [2.24, 2.45) is 0 Å². The summed E-state index contributed by atoms with van der Waals surface area (Å²) in [5.41, 5.74) is 0.298. The van der Waals surface area contributed by atoms with Crippen LogP contribution in [-0.4, -0.2) is 109 Å². The zero-order valence-corrected chi connectivity index (χ0v) is 20.9. The minimum atomic E-state index is -0.387. The Morgan fingerprint density at radius 3 is 1.39 bits per heavy atom. The summed E-state index contributed by atoms with van der Waals surface area (Å²) in [6.07, 6.45) is 3.36. The van der Waals surface area contributed by atoms with Gasteiger partial charge in [-0.1, -0.05) is 18.2 Å². The Hall–Kier alpha value is -2.67. The summed E-state index contributed by atoms with van der Waals surface area (Å²) in [5.74, 6) is -0.774. The highest BCUT2D eigenvalue weighted by Crippen LogP contribution is 2.00. The molecule has 1 aromatic rings. The van der Waals surface area contributed by atoms with Crippen LogP contribution in [0.5, 0.6) is 0 Å². The first-order valence-electron chi connectivity index (χ1n) is 11.9. The van der Waals surface area contributed by atoms with Crippen LogP contribution in [0.15, 0.2) is 43.5 Å². The Morgan fingerprint density at radius 2 is 1.00 bits per heavy atom. The number of hydrogen-bond acceptors (Lipinski definition) is 9. The molecule has 11 nitrogen and oxygen atoms in total. The molecule has 2 amide bonds. The van der Waals surface area contributed by atoms with E-state index in [0.717, 1.165) is 0 Å². The second-order valence-corrected chi connectivity index (χ2v) is 7.10. The summed E-state index contributed by atoms with van der Waals surface area (Å²) >= 11 is 0. The van der Waals surface area contributed by atoms with Crippen LogP contribution in [0.1, 0.15) is 21.0 Å². The van der Waals surface area contributed by atoms with Crippen LogP contribution in [0.2, 0.25) is 0 Å². The Balaban J connectivity index is 2.10. The first-order valence-corrected chi connectivity index (χ1v) is 11.9. The van der Waals surface area contributed by atoms with Crippen molar-refractivity contribution in [3.8, 4) is 0 Å². The van der Waals surface area contributed by atoms with E-state index in [9.17, 15) is 9.59 Å². The molecule has 1 aromatic heterocycles. The van der Waals surface area contributed by atoms with Crippen LogP contribution in [0.3, 0.4) is 0 Å². The van der Waals surface area contributed by atoms with Crippen molar-refractivity contribution in [3.63, 3.8) is 0 Å². The lowest BCUT2D eigenvalue weighted by Crippen LogP contribution is -2.31. The number of hydrogen-bond donors (Lipinski definition) is 2. The van der Waals surface area contributed by atoms with E-state index >= 15 is 0 Å². The summed E-state index contributed by atoms with van der Waals surface area (Å²) in [4.78, 5) is 28.7. The third-order valence-corrected chi connectivity index (χ3v) is 4.24. The van der Waals surface area contributed by atoms with Gasteiger partial charge in [0.1, 0.15) is 11.4 Å². The van der Waals surface area contributed by atoms with Crippen molar-refractivity contribution < 1.29 is 38.0 Å². The standard InChI is InChI=1S/C25H39N3O8/c1-3-10-31-14-18-35-20-16-33-12-8-26-24(29)22-6-5-7-23(28-22)25(30)27-9-13-34-17-21-36-19-15-32-11-4-2/h3-7H,1-2,8-21H2,(H,26,29)(H,27,30). The number of pyridine rings is 1. The van der Waals surface area contributed by atoms with Gasteiger partial charge in [-0.2, -0.15) is 0 Å². The van der Waals surface area contributed by atoms with Crippen molar-refractivity contribution >= 4 is 11.8 Å². The minimum absolute atomic E-state index is 0.149. The Morgan fingerprint density at radius 1 is 0.639 bits per heavy atom. The van der Waals surface area contributed by atoms with E-state index in [0.29, 0.717) is 92.4 Å². The predicted octanol–water partition coefficient (Wildman–Crippen LogP) is 1.01. The average molecular weight is 510 g/mol. The van der Waals surface area contributed by atoms with E-state index in [1.807, 2.05) is 0 Å². The van der Waals surface area contributed by atoms with Gasteiger partial charge in [-0.15, -0.1) is 13.2 Å². The summed E-state index contributed by atoms with van der Waals surface area (Å²) in [5, 5.41) is 5.42. The Bertz CT molecular complexity index is 691. The molecule has 202 valence electrons. The zero-order valence-electron chi connectivity index (χ0n) is 20.9. The van der Waals surface area contributed by atoms with E-state index in [2.05, 4.69) is 28.8 Å². The molecule has 1 heterocycles. The van der Waals surface area contributed by atoms with Crippen molar-refractivity contribution in [2.75, 3.05) is 92.4 Å². The summed E-state index contributed by atoms with van der Waals surface area (Å²) in [6.45, 7) is 13.1. The van der Waals surface area contributed by atoms with Crippen LogP contribution in [-0.2, 0) is 28.4 Å². The molecule has 1 rings (SSSR count). The summed E-state index contributed by atoms with van der Waals surface area (Å²) in [7, 11) is 0. The number of aromatic nitrogens is 1. The fourth-order valence-corrected chi connectivity index (χ4v) is 2.56. The van der Waals surface area contributed by atoms with Gasteiger partial charge in [0.15, 0.2) is 0 Å². The van der Waals surface area contributed by atoms with Gasteiger partial charge in [-0.25, -0.2) is 4.98 Å². The second-order valence-electron chi connectivity index (χ2n) is 7.10. The highest BCUT2D eigenvalue weighted by atomic mass is 16.5. The molecule has 0 saturated carbocycles. The Kier molecular flexibility index (Phi) is 19.8. The number of carbonyl (C=O) groups excluding carboxylic acids is 2. The molecule has 11 heteroatoms. The Labute approximate surface area is 213 Å². The first kappa shape index (κ1) is 31.4. The van der Waals surface area contributed by atoms with E-state index in [-0.39, 0.29) is 23.2 Å². The quantitative estimate of drug-likeness (QED) is 0.155. The minimum Gasteiger partial charge on any atom is -0.377 e. The van der Waals surface area contributed by atoms with Crippen molar-refractivity contribution in [2.45, 2.75) is 0 Å². The lowest BCUT2D eigenvalue weighted by molar-refractivity contribution is 0.0201. The van der Waals surface area contributed by atoms with Crippen LogP contribution in [0, 0.1) is 0 Å². The van der Waals surface area contributed by atoms with Gasteiger partial charge in [0.2, 0.25) is 0 Å². The van der Waals surface area contributed by atoms with Gasteiger partial charge in [0.25, 0.3) is 11.8 Å². The summed E-state index contributed by atoms with van der Waals surface area (Å²) < 4.78 is 31.9. The molecule has 0 aliphatic rings. The van der Waals surface area contributed by atoms with Crippen molar-refractivity contribution in [3.05, 3.63) is 54.9 Å². The van der Waals surface area contributed by atoms with Gasteiger partial charge in [-0.3, -0.25) is 9.59 Å². The molecule has 0 aliphatic carbocycles. The maximum absolute atomic E-state index is 12.3. The number of nitrogens with one attached hydrogen (secondary N) is 2. The molecule has 0 atom stereocenters. The largest absolute Gasteiger partial charge is 0.377 e. The molecule has 2 N–H and O–H groups in total. The van der Waals surface area contributed by atoms with Gasteiger partial charge < -0.3 is 39.1 Å². The van der Waals surface area contributed by atoms with Crippen molar-refractivity contribution in [1.82, 2.24) is 15.6 Å². The van der Waals surface area contributed by atoms with Gasteiger partial charge >= 0.3 is 0 Å². The first-order chi connectivity index (χ1) is 17.7. The average Bonchev–Trinajstić information content (AvgIpc) is 2.90. The highest BCUT2D eigenvalue weighted by molar-refractivity contribution is 5.96. The number of rotatable bonds is 24. The normalized spacial score (nSPS) is 10.7. The van der Waals surface area contributed by atoms with Crippen molar-refractivity contribution in [1.29, 1.82) is 0 Å². The smallest absolute Gasteiger partial charge is 0.269 e. The molecular weight excluding hydrogens is 470 g/mol. The molecular formula is C25H39N3O8. The molecule has 0 aliphatic heterocycles.